The largest absolute Gasteiger partial charge is 0.397 e. The Morgan fingerprint density at radius 3 is 2.53 bits per heavy atom. The van der Waals surface area contributed by atoms with Crippen LogP contribution in [-0.2, 0) is 6.42 Å². The molecule has 0 atom stereocenters. The Balaban J connectivity index is 2.63. The molecule has 0 aliphatic carbocycles. The van der Waals surface area contributed by atoms with E-state index < -0.39 is 0 Å². The van der Waals surface area contributed by atoms with Gasteiger partial charge in [-0.05, 0) is 23.8 Å². The minimum absolute atomic E-state index is 0.209. The molecule has 2 N–H and O–H groups in total. The van der Waals surface area contributed by atoms with Crippen molar-refractivity contribution >= 4 is 40.5 Å². The number of aromatic nitrogens is 1. The first kappa shape index (κ1) is 14.0. The Labute approximate surface area is 125 Å². The van der Waals surface area contributed by atoms with E-state index in [0.29, 0.717) is 37.6 Å². The lowest BCUT2D eigenvalue weighted by atomic mass is 10.0. The van der Waals surface area contributed by atoms with Crippen LogP contribution in [0.1, 0.15) is 5.56 Å². The molecule has 6 heteroatoms. The third-order valence-electron chi connectivity index (χ3n) is 2.62. The maximum Gasteiger partial charge on any atom is 0.0949 e. The topological polar surface area (TPSA) is 62.7 Å². The lowest BCUT2D eigenvalue weighted by Gasteiger charge is -2.10. The summed E-state index contributed by atoms with van der Waals surface area (Å²) in [6.07, 6.45) is 1.79. The predicted molar refractivity (Wildman–Crippen MR) is 78.4 cm³/mol. The van der Waals surface area contributed by atoms with Gasteiger partial charge in [0.05, 0.1) is 38.9 Å². The average molecular weight is 313 g/mol. The molecule has 0 saturated heterocycles. The normalized spacial score (nSPS) is 10.2. The molecule has 96 valence electrons. The quantitative estimate of drug-likeness (QED) is 0.838. The van der Waals surface area contributed by atoms with Crippen LogP contribution in [0.25, 0.3) is 11.3 Å². The minimum atomic E-state index is 0.209. The van der Waals surface area contributed by atoms with E-state index in [-0.39, 0.29) is 6.42 Å². The van der Waals surface area contributed by atoms with Gasteiger partial charge in [-0.2, -0.15) is 5.26 Å². The van der Waals surface area contributed by atoms with Gasteiger partial charge in [-0.15, -0.1) is 0 Å². The smallest absolute Gasteiger partial charge is 0.0949 e. The maximum atomic E-state index is 8.75. The highest BCUT2D eigenvalue weighted by Crippen LogP contribution is 2.37. The van der Waals surface area contributed by atoms with Gasteiger partial charge in [0, 0.05) is 11.8 Å². The lowest BCUT2D eigenvalue weighted by molar-refractivity contribution is 1.22. The molecule has 19 heavy (non-hydrogen) atoms. The summed E-state index contributed by atoms with van der Waals surface area (Å²) < 4.78 is 0. The number of hydrogen-bond donors (Lipinski definition) is 1. The van der Waals surface area contributed by atoms with E-state index in [2.05, 4.69) is 11.1 Å². The molecule has 0 unspecified atom stereocenters. The van der Waals surface area contributed by atoms with E-state index in [1.54, 1.807) is 24.4 Å². The van der Waals surface area contributed by atoms with E-state index in [9.17, 15) is 0 Å². The number of nitrogen functional groups attached to an aromatic ring is 1. The summed E-state index contributed by atoms with van der Waals surface area (Å²) in [5.41, 5.74) is 8.22. The van der Waals surface area contributed by atoms with Crippen LogP contribution in [0.15, 0.2) is 24.4 Å². The van der Waals surface area contributed by atoms with Crippen LogP contribution >= 0.6 is 34.8 Å². The first-order valence-electron chi connectivity index (χ1n) is 5.29. The second-order valence-electron chi connectivity index (χ2n) is 3.81. The van der Waals surface area contributed by atoms with Crippen molar-refractivity contribution in [2.45, 2.75) is 6.42 Å². The molecule has 0 radical (unpaired) electrons. The van der Waals surface area contributed by atoms with Crippen LogP contribution in [0.3, 0.4) is 0 Å². The summed E-state index contributed by atoms with van der Waals surface area (Å²) in [7, 11) is 0. The van der Waals surface area contributed by atoms with Crippen LogP contribution in [0.4, 0.5) is 5.69 Å². The molecule has 0 amide bonds. The number of halogens is 3. The van der Waals surface area contributed by atoms with E-state index >= 15 is 0 Å². The molecule has 1 heterocycles. The number of nitriles is 1. The first-order chi connectivity index (χ1) is 9.04. The number of rotatable bonds is 2. The number of nitrogens with two attached hydrogens (primary N) is 1. The molecule has 0 fully saturated rings. The van der Waals surface area contributed by atoms with Crippen LogP contribution in [-0.4, -0.2) is 4.98 Å². The van der Waals surface area contributed by atoms with Crippen molar-refractivity contribution in [2.75, 3.05) is 5.73 Å². The van der Waals surface area contributed by atoms with Crippen molar-refractivity contribution in [3.05, 3.63) is 45.0 Å². The molecule has 1 aromatic heterocycles. The molecule has 2 rings (SSSR count). The summed E-state index contributed by atoms with van der Waals surface area (Å²) in [5, 5.41) is 9.89. The zero-order valence-corrected chi connectivity index (χ0v) is 11.9. The molecule has 0 bridgehead atoms. The van der Waals surface area contributed by atoms with E-state index in [1.165, 1.54) is 0 Å². The highest BCUT2D eigenvalue weighted by molar-refractivity contribution is 6.44. The Morgan fingerprint density at radius 2 is 1.84 bits per heavy atom. The molecule has 0 aliphatic rings. The molecule has 2 aromatic rings. The number of hydrogen-bond acceptors (Lipinski definition) is 3. The van der Waals surface area contributed by atoms with Gasteiger partial charge < -0.3 is 5.73 Å². The van der Waals surface area contributed by atoms with Crippen LogP contribution < -0.4 is 5.73 Å². The van der Waals surface area contributed by atoms with Crippen molar-refractivity contribution in [1.29, 1.82) is 5.26 Å². The van der Waals surface area contributed by atoms with Gasteiger partial charge in [-0.3, -0.25) is 4.98 Å². The first-order valence-corrected chi connectivity index (χ1v) is 6.43. The highest BCUT2D eigenvalue weighted by Gasteiger charge is 2.14. The number of nitrogens with zero attached hydrogens (tertiary/aromatic N) is 2. The second-order valence-corrected chi connectivity index (χ2v) is 5.04. The Morgan fingerprint density at radius 1 is 1.16 bits per heavy atom. The second kappa shape index (κ2) is 5.66. The Hall–Kier alpha value is -1.47. The monoisotopic (exact) mass is 311 g/mol. The van der Waals surface area contributed by atoms with Crippen LogP contribution in [0.5, 0.6) is 0 Å². The fourth-order valence-electron chi connectivity index (χ4n) is 1.67. The van der Waals surface area contributed by atoms with Crippen molar-refractivity contribution < 1.29 is 0 Å². The molecular weight excluding hydrogens is 305 g/mol. The zero-order valence-electron chi connectivity index (χ0n) is 9.62. The van der Waals surface area contributed by atoms with Crippen molar-refractivity contribution in [2.24, 2.45) is 0 Å². The van der Waals surface area contributed by atoms with Crippen molar-refractivity contribution in [1.82, 2.24) is 4.98 Å². The summed E-state index contributed by atoms with van der Waals surface area (Å²) >= 11 is 18.0. The van der Waals surface area contributed by atoms with Gasteiger partial charge in [0.25, 0.3) is 0 Å². The molecule has 0 saturated carbocycles. The van der Waals surface area contributed by atoms with E-state index in [4.69, 9.17) is 45.8 Å². The van der Waals surface area contributed by atoms with Gasteiger partial charge in [0.2, 0.25) is 0 Å². The van der Waals surface area contributed by atoms with Crippen molar-refractivity contribution in [3.8, 4) is 17.3 Å². The highest BCUT2D eigenvalue weighted by atomic mass is 35.5. The number of anilines is 1. The number of benzene rings is 1. The maximum absolute atomic E-state index is 8.75. The van der Waals surface area contributed by atoms with Gasteiger partial charge in [-0.1, -0.05) is 34.8 Å². The predicted octanol–water partition coefficient (Wildman–Crippen LogP) is 4.36. The van der Waals surface area contributed by atoms with Crippen molar-refractivity contribution in [3.63, 3.8) is 0 Å². The van der Waals surface area contributed by atoms with Gasteiger partial charge >= 0.3 is 0 Å². The summed E-state index contributed by atoms with van der Waals surface area (Å²) in [6.45, 7) is 0. The standard InChI is InChI=1S/C13H8Cl3N3/c14-9-6-11(16)10(15)5-8(9)13-12(18)7(1-3-17)2-4-19-13/h2,4-6H,1,18H2. The molecule has 0 aliphatic heterocycles. The zero-order chi connectivity index (χ0) is 14.0. The van der Waals surface area contributed by atoms with Crippen LogP contribution in [0, 0.1) is 11.3 Å². The van der Waals surface area contributed by atoms with Gasteiger partial charge in [-0.25, -0.2) is 0 Å². The lowest BCUT2D eigenvalue weighted by Crippen LogP contribution is -1.99. The van der Waals surface area contributed by atoms with E-state index in [0.717, 1.165) is 0 Å². The number of pyridine rings is 1. The van der Waals surface area contributed by atoms with Gasteiger partial charge in [0.15, 0.2) is 0 Å². The molecule has 0 spiro atoms. The summed E-state index contributed by atoms with van der Waals surface area (Å²) in [5.74, 6) is 0. The fourth-order valence-corrected chi connectivity index (χ4v) is 2.31. The van der Waals surface area contributed by atoms with Crippen LogP contribution in [0.2, 0.25) is 15.1 Å². The molecule has 1 aromatic carbocycles. The fraction of sp³-hybridized carbons (Fsp3) is 0.0769. The summed E-state index contributed by atoms with van der Waals surface area (Å²) in [4.78, 5) is 4.20. The SMILES string of the molecule is N#CCc1ccnc(-c2cc(Cl)c(Cl)cc2Cl)c1N. The Bertz CT molecular complexity index is 678. The summed E-state index contributed by atoms with van der Waals surface area (Å²) in [6, 6.07) is 6.91. The molecular formula is C13H8Cl3N3. The Kier molecular flexibility index (Phi) is 4.16. The van der Waals surface area contributed by atoms with E-state index in [1.807, 2.05) is 0 Å². The van der Waals surface area contributed by atoms with Gasteiger partial charge in [0.1, 0.15) is 0 Å². The minimum Gasteiger partial charge on any atom is -0.397 e. The average Bonchev–Trinajstić information content (AvgIpc) is 2.37. The third-order valence-corrected chi connectivity index (χ3v) is 3.65. The third kappa shape index (κ3) is 2.76. The molecule has 3 nitrogen and oxygen atoms in total.